The molecule has 2 heterocycles. The summed E-state index contributed by atoms with van der Waals surface area (Å²) in [7, 11) is 0. The van der Waals surface area contributed by atoms with Crippen LogP contribution in [0.5, 0.6) is 0 Å². The molecular weight excluding hydrogens is 188 g/mol. The lowest BCUT2D eigenvalue weighted by molar-refractivity contribution is -0.126. The molecule has 78 valence electrons. The minimum absolute atomic E-state index is 0.177. The van der Waals surface area contributed by atoms with Crippen molar-refractivity contribution in [3.8, 4) is 0 Å². The SMILES string of the molecule is NNC(=O)[C@@H]1CC[C@@H]2CN1C(=O)N2O. The maximum atomic E-state index is 11.4. The highest BCUT2D eigenvalue weighted by molar-refractivity contribution is 5.88. The minimum atomic E-state index is -0.541. The van der Waals surface area contributed by atoms with Crippen LogP contribution in [0.15, 0.2) is 0 Å². The van der Waals surface area contributed by atoms with Crippen LogP contribution in [0.3, 0.4) is 0 Å². The summed E-state index contributed by atoms with van der Waals surface area (Å²) in [6, 6.07) is -1.23. The van der Waals surface area contributed by atoms with Gasteiger partial charge < -0.3 is 4.90 Å². The maximum absolute atomic E-state index is 11.4. The predicted molar refractivity (Wildman–Crippen MR) is 44.9 cm³/mol. The first-order valence-corrected chi connectivity index (χ1v) is 4.44. The normalized spacial score (nSPS) is 30.9. The van der Waals surface area contributed by atoms with Gasteiger partial charge in [-0.2, -0.15) is 0 Å². The quantitative estimate of drug-likeness (QED) is 0.210. The number of carbonyl (C=O) groups is 2. The van der Waals surface area contributed by atoms with E-state index in [1.54, 1.807) is 0 Å². The van der Waals surface area contributed by atoms with E-state index >= 15 is 0 Å². The second-order valence-corrected chi connectivity index (χ2v) is 3.54. The highest BCUT2D eigenvalue weighted by Crippen LogP contribution is 2.28. The molecule has 0 aliphatic carbocycles. The molecule has 0 aromatic heterocycles. The van der Waals surface area contributed by atoms with E-state index in [4.69, 9.17) is 5.84 Å². The van der Waals surface area contributed by atoms with E-state index in [2.05, 4.69) is 0 Å². The Labute approximate surface area is 80.4 Å². The molecule has 0 aromatic carbocycles. The van der Waals surface area contributed by atoms with Gasteiger partial charge in [0.2, 0.25) is 0 Å². The van der Waals surface area contributed by atoms with Crippen LogP contribution >= 0.6 is 0 Å². The molecule has 7 heteroatoms. The van der Waals surface area contributed by atoms with Gasteiger partial charge in [0, 0.05) is 6.54 Å². The second kappa shape index (κ2) is 3.10. The van der Waals surface area contributed by atoms with Crippen molar-refractivity contribution in [2.75, 3.05) is 6.54 Å². The van der Waals surface area contributed by atoms with Crippen LogP contribution in [-0.4, -0.2) is 45.7 Å². The molecular formula is C7H12N4O3. The predicted octanol–water partition coefficient (Wildman–Crippen LogP) is -1.37. The number of hydrogen-bond acceptors (Lipinski definition) is 4. The Morgan fingerprint density at radius 1 is 1.57 bits per heavy atom. The summed E-state index contributed by atoms with van der Waals surface area (Å²) in [5, 5.41) is 10.0. The summed E-state index contributed by atoms with van der Waals surface area (Å²) in [6.07, 6.45) is 1.16. The number of hydrogen-bond donors (Lipinski definition) is 3. The van der Waals surface area contributed by atoms with E-state index in [0.717, 1.165) is 0 Å². The molecule has 14 heavy (non-hydrogen) atoms. The van der Waals surface area contributed by atoms with Crippen LogP contribution in [0.2, 0.25) is 0 Å². The van der Waals surface area contributed by atoms with Gasteiger partial charge in [-0.25, -0.2) is 15.7 Å². The van der Waals surface area contributed by atoms with Gasteiger partial charge in [-0.1, -0.05) is 0 Å². The molecule has 2 saturated heterocycles. The Morgan fingerprint density at radius 3 is 2.93 bits per heavy atom. The number of piperidine rings is 1. The molecule has 3 amide bonds. The molecule has 2 aliphatic rings. The molecule has 4 N–H and O–H groups in total. The Balaban J connectivity index is 2.17. The van der Waals surface area contributed by atoms with Crippen molar-refractivity contribution in [3.05, 3.63) is 0 Å². The number of rotatable bonds is 1. The standard InChI is InChI=1S/C7H12N4O3/c8-9-6(12)5-2-1-4-3-10(5)7(13)11(4)14/h4-5,14H,1-3,8H2,(H,9,12)/t4-,5+/m1/s1. The van der Waals surface area contributed by atoms with Crippen molar-refractivity contribution in [1.82, 2.24) is 15.4 Å². The average Bonchev–Trinajstić information content (AvgIpc) is 2.44. The zero-order chi connectivity index (χ0) is 10.3. The molecule has 0 aromatic rings. The first kappa shape index (κ1) is 9.22. The monoisotopic (exact) mass is 200 g/mol. The zero-order valence-electron chi connectivity index (χ0n) is 7.51. The largest absolute Gasteiger partial charge is 0.344 e. The van der Waals surface area contributed by atoms with Crippen molar-refractivity contribution < 1.29 is 14.8 Å². The zero-order valence-corrected chi connectivity index (χ0v) is 7.51. The lowest BCUT2D eigenvalue weighted by Gasteiger charge is -2.28. The van der Waals surface area contributed by atoms with Gasteiger partial charge in [-0.15, -0.1) is 0 Å². The van der Waals surface area contributed by atoms with Crippen LogP contribution in [0.1, 0.15) is 12.8 Å². The average molecular weight is 200 g/mol. The highest BCUT2D eigenvalue weighted by Gasteiger charge is 2.46. The number of fused-ring (bicyclic) bond motifs is 2. The van der Waals surface area contributed by atoms with Crippen LogP contribution in [-0.2, 0) is 4.79 Å². The van der Waals surface area contributed by atoms with E-state index in [9.17, 15) is 14.8 Å². The van der Waals surface area contributed by atoms with E-state index < -0.39 is 12.1 Å². The number of amides is 3. The third kappa shape index (κ3) is 1.13. The van der Waals surface area contributed by atoms with E-state index in [1.807, 2.05) is 5.43 Å². The van der Waals surface area contributed by atoms with Crippen LogP contribution < -0.4 is 11.3 Å². The summed E-state index contributed by atoms with van der Waals surface area (Å²) in [4.78, 5) is 24.0. The van der Waals surface area contributed by atoms with E-state index in [-0.39, 0.29) is 11.9 Å². The van der Waals surface area contributed by atoms with Crippen molar-refractivity contribution in [2.24, 2.45) is 5.84 Å². The van der Waals surface area contributed by atoms with Gasteiger partial charge in [0.25, 0.3) is 5.91 Å². The topological polar surface area (TPSA) is 98.9 Å². The van der Waals surface area contributed by atoms with E-state index in [0.29, 0.717) is 24.4 Å². The Hall–Kier alpha value is -1.34. The molecule has 0 unspecified atom stereocenters. The molecule has 2 aliphatic heterocycles. The van der Waals surface area contributed by atoms with Crippen LogP contribution in [0.4, 0.5) is 4.79 Å². The highest BCUT2D eigenvalue weighted by atomic mass is 16.5. The smallest absolute Gasteiger partial charge is 0.309 e. The Kier molecular flexibility index (Phi) is 2.05. The minimum Gasteiger partial charge on any atom is -0.309 e. The van der Waals surface area contributed by atoms with Crippen molar-refractivity contribution >= 4 is 11.9 Å². The maximum Gasteiger partial charge on any atom is 0.344 e. The van der Waals surface area contributed by atoms with Gasteiger partial charge in [-0.3, -0.25) is 15.4 Å². The number of nitrogens with two attached hydrogens (primary N) is 1. The summed E-state index contributed by atoms with van der Waals surface area (Å²) in [6.45, 7) is 0.396. The third-order valence-corrected chi connectivity index (χ3v) is 2.79. The van der Waals surface area contributed by atoms with Crippen molar-refractivity contribution in [3.63, 3.8) is 0 Å². The fourth-order valence-corrected chi connectivity index (χ4v) is 2.02. The number of hydroxylamine groups is 2. The number of nitrogens with zero attached hydrogens (tertiary/aromatic N) is 2. The molecule has 2 fully saturated rings. The van der Waals surface area contributed by atoms with Crippen LogP contribution in [0.25, 0.3) is 0 Å². The lowest BCUT2D eigenvalue weighted by atomic mass is 10.0. The summed E-state index contributed by atoms with van der Waals surface area (Å²) < 4.78 is 0. The molecule has 0 radical (unpaired) electrons. The Morgan fingerprint density at radius 2 is 2.29 bits per heavy atom. The van der Waals surface area contributed by atoms with E-state index in [1.165, 1.54) is 4.90 Å². The van der Waals surface area contributed by atoms with Gasteiger partial charge in [0.15, 0.2) is 0 Å². The Bertz CT molecular complexity index is 282. The number of hydrazine groups is 1. The molecule has 0 spiro atoms. The molecule has 0 saturated carbocycles. The number of nitrogens with one attached hydrogen (secondary N) is 1. The summed E-state index contributed by atoms with van der Waals surface area (Å²) >= 11 is 0. The molecule has 7 nitrogen and oxygen atoms in total. The molecule has 2 rings (SSSR count). The van der Waals surface area contributed by atoms with Crippen LogP contribution in [0, 0.1) is 0 Å². The van der Waals surface area contributed by atoms with Gasteiger partial charge >= 0.3 is 6.03 Å². The fraction of sp³-hybridized carbons (Fsp3) is 0.714. The van der Waals surface area contributed by atoms with Gasteiger partial charge in [0.05, 0.1) is 6.04 Å². The van der Waals surface area contributed by atoms with Crippen molar-refractivity contribution in [2.45, 2.75) is 24.9 Å². The van der Waals surface area contributed by atoms with Crippen molar-refractivity contribution in [1.29, 1.82) is 0 Å². The lowest BCUT2D eigenvalue weighted by Crippen LogP contribution is -2.51. The first-order valence-electron chi connectivity index (χ1n) is 4.44. The van der Waals surface area contributed by atoms with Gasteiger partial charge in [0.1, 0.15) is 6.04 Å². The number of urea groups is 1. The van der Waals surface area contributed by atoms with Gasteiger partial charge in [-0.05, 0) is 12.8 Å². The third-order valence-electron chi connectivity index (χ3n) is 2.79. The second-order valence-electron chi connectivity index (χ2n) is 3.54. The fourth-order valence-electron chi connectivity index (χ4n) is 2.02. The first-order chi connectivity index (χ1) is 6.65. The molecule has 2 atom stereocenters. The summed E-state index contributed by atoms with van der Waals surface area (Å²) in [5.74, 6) is 4.62. The number of carbonyl (C=O) groups excluding carboxylic acids is 2. The molecule has 2 bridgehead atoms. The summed E-state index contributed by atoms with van der Waals surface area (Å²) in [5.41, 5.74) is 2.02.